The maximum Gasteiger partial charge on any atom is 0.245 e. The lowest BCUT2D eigenvalue weighted by molar-refractivity contribution is -0.149. The third-order valence-corrected chi connectivity index (χ3v) is 4.15. The molecule has 2 unspecified atom stereocenters. The van der Waals surface area contributed by atoms with E-state index in [-0.39, 0.29) is 11.8 Å². The summed E-state index contributed by atoms with van der Waals surface area (Å²) in [5, 5.41) is 7.48. The average molecular weight is 299 g/mol. The van der Waals surface area contributed by atoms with Crippen LogP contribution in [0, 0.1) is 6.92 Å². The molecule has 2 heterocycles. The van der Waals surface area contributed by atoms with E-state index in [2.05, 4.69) is 10.4 Å². The second kappa shape index (κ2) is 5.44. The van der Waals surface area contributed by atoms with Crippen LogP contribution >= 0.6 is 11.6 Å². The quantitative estimate of drug-likeness (QED) is 0.905. The Balaban J connectivity index is 2.33. The molecule has 0 aromatic carbocycles. The summed E-state index contributed by atoms with van der Waals surface area (Å²) in [6.45, 7) is 5.69. The summed E-state index contributed by atoms with van der Waals surface area (Å²) >= 11 is 6.22. The minimum Gasteiger partial charge on any atom is -0.343 e. The third kappa shape index (κ3) is 2.40. The Morgan fingerprint density at radius 2 is 2.05 bits per heavy atom. The molecule has 2 atom stereocenters. The van der Waals surface area contributed by atoms with Gasteiger partial charge < -0.3 is 10.2 Å². The van der Waals surface area contributed by atoms with Gasteiger partial charge in [0.2, 0.25) is 11.8 Å². The van der Waals surface area contributed by atoms with E-state index in [1.165, 1.54) is 0 Å². The second-order valence-electron chi connectivity index (χ2n) is 5.09. The van der Waals surface area contributed by atoms with Gasteiger partial charge in [0.1, 0.15) is 12.1 Å². The highest BCUT2D eigenvalue weighted by Gasteiger charge is 2.38. The van der Waals surface area contributed by atoms with E-state index < -0.39 is 12.1 Å². The average Bonchev–Trinajstić information content (AvgIpc) is 2.62. The van der Waals surface area contributed by atoms with Gasteiger partial charge in [-0.2, -0.15) is 5.10 Å². The van der Waals surface area contributed by atoms with Gasteiger partial charge in [0, 0.05) is 7.05 Å². The van der Waals surface area contributed by atoms with Crippen molar-refractivity contribution < 1.29 is 9.59 Å². The van der Waals surface area contributed by atoms with Gasteiger partial charge in [0.05, 0.1) is 23.0 Å². The molecule has 1 aromatic heterocycles. The first kappa shape index (κ1) is 14.8. The molecular weight excluding hydrogens is 280 g/mol. The van der Waals surface area contributed by atoms with E-state index in [4.69, 9.17) is 11.6 Å². The number of aromatic nitrogens is 2. The van der Waals surface area contributed by atoms with E-state index in [9.17, 15) is 9.59 Å². The number of piperazine rings is 1. The fourth-order valence-electron chi connectivity index (χ4n) is 2.52. The summed E-state index contributed by atoms with van der Waals surface area (Å²) < 4.78 is 1.66. The number of carbonyl (C=O) groups is 2. The second-order valence-corrected chi connectivity index (χ2v) is 5.47. The number of aryl methyl sites for hydroxylation is 2. The van der Waals surface area contributed by atoms with Gasteiger partial charge in [-0.05, 0) is 20.3 Å². The summed E-state index contributed by atoms with van der Waals surface area (Å²) in [5.41, 5.74) is 1.47. The Labute approximate surface area is 123 Å². The lowest BCUT2D eigenvalue weighted by atomic mass is 10.1. The molecule has 110 valence electrons. The molecule has 2 rings (SSSR count). The Morgan fingerprint density at radius 1 is 1.40 bits per heavy atom. The Hall–Kier alpha value is -1.56. The van der Waals surface area contributed by atoms with Gasteiger partial charge in [-0.25, -0.2) is 0 Å². The highest BCUT2D eigenvalue weighted by molar-refractivity contribution is 6.31. The zero-order chi connectivity index (χ0) is 15.0. The lowest BCUT2D eigenvalue weighted by Crippen LogP contribution is -2.61. The van der Waals surface area contributed by atoms with Crippen LogP contribution in [0.4, 0.5) is 0 Å². The summed E-state index contributed by atoms with van der Waals surface area (Å²) in [5.74, 6) is -0.207. The van der Waals surface area contributed by atoms with Crippen LogP contribution in [0.25, 0.3) is 0 Å². The maximum atomic E-state index is 12.3. The Kier molecular flexibility index (Phi) is 4.04. The first-order valence-electron chi connectivity index (χ1n) is 6.65. The van der Waals surface area contributed by atoms with Crippen LogP contribution in [0.5, 0.6) is 0 Å². The molecule has 0 aliphatic carbocycles. The molecular formula is C13H19ClN4O2. The highest BCUT2D eigenvalue weighted by atomic mass is 35.5. The molecule has 1 aliphatic heterocycles. The predicted molar refractivity (Wildman–Crippen MR) is 75.2 cm³/mol. The standard InChI is InChI=1S/C13H19ClN4O2/c1-5-9-12(19)15-8(3)13(20)18(9)6-10-11(14)7(2)16-17(10)4/h8-9H,5-6H2,1-4H3,(H,15,19). The van der Waals surface area contributed by atoms with Crippen molar-refractivity contribution >= 4 is 23.4 Å². The van der Waals surface area contributed by atoms with E-state index >= 15 is 0 Å². The molecule has 20 heavy (non-hydrogen) atoms. The summed E-state index contributed by atoms with van der Waals surface area (Å²) in [4.78, 5) is 25.9. The van der Waals surface area contributed by atoms with Crippen LogP contribution < -0.4 is 5.32 Å². The maximum absolute atomic E-state index is 12.3. The molecule has 7 heteroatoms. The first-order chi connectivity index (χ1) is 9.36. The van der Waals surface area contributed by atoms with Crippen LogP contribution in [0.3, 0.4) is 0 Å². The number of amides is 2. The van der Waals surface area contributed by atoms with Crippen LogP contribution in [0.15, 0.2) is 0 Å². The van der Waals surface area contributed by atoms with E-state index in [1.807, 2.05) is 13.8 Å². The first-order valence-corrected chi connectivity index (χ1v) is 7.03. The largest absolute Gasteiger partial charge is 0.343 e. The highest BCUT2D eigenvalue weighted by Crippen LogP contribution is 2.24. The normalized spacial score (nSPS) is 23.1. The fraction of sp³-hybridized carbons (Fsp3) is 0.615. The molecule has 0 radical (unpaired) electrons. The number of rotatable bonds is 3. The van der Waals surface area contributed by atoms with Crippen LogP contribution in [-0.2, 0) is 23.2 Å². The van der Waals surface area contributed by atoms with Gasteiger partial charge in [0.15, 0.2) is 0 Å². The zero-order valence-electron chi connectivity index (χ0n) is 12.1. The number of nitrogens with zero attached hydrogens (tertiary/aromatic N) is 3. The van der Waals surface area contributed by atoms with Gasteiger partial charge >= 0.3 is 0 Å². The van der Waals surface area contributed by atoms with E-state index in [0.717, 1.165) is 11.4 Å². The summed E-state index contributed by atoms with van der Waals surface area (Å²) in [6.07, 6.45) is 0.568. The molecule has 1 aromatic rings. The van der Waals surface area contributed by atoms with Crippen molar-refractivity contribution in [1.82, 2.24) is 20.0 Å². The monoisotopic (exact) mass is 298 g/mol. The topological polar surface area (TPSA) is 67.2 Å². The Bertz CT molecular complexity index is 555. The number of hydrogen-bond acceptors (Lipinski definition) is 3. The van der Waals surface area contributed by atoms with Crippen molar-refractivity contribution in [2.75, 3.05) is 0 Å². The van der Waals surface area contributed by atoms with E-state index in [1.54, 1.807) is 23.6 Å². The predicted octanol–water partition coefficient (Wildman–Crippen LogP) is 1.01. The van der Waals surface area contributed by atoms with E-state index in [0.29, 0.717) is 18.0 Å². The van der Waals surface area contributed by atoms with Crippen molar-refractivity contribution in [2.24, 2.45) is 7.05 Å². The van der Waals surface area contributed by atoms with Gasteiger partial charge in [-0.3, -0.25) is 14.3 Å². The van der Waals surface area contributed by atoms with Crippen LogP contribution in [0.1, 0.15) is 31.7 Å². The van der Waals surface area contributed by atoms with Crippen molar-refractivity contribution in [3.8, 4) is 0 Å². The fourth-order valence-corrected chi connectivity index (χ4v) is 2.74. The molecule has 0 bridgehead atoms. The molecule has 1 aliphatic rings. The SMILES string of the molecule is CCC1C(=O)NC(C)C(=O)N1Cc1c(Cl)c(C)nn1C. The molecule has 0 spiro atoms. The van der Waals surface area contributed by atoms with Gasteiger partial charge in [-0.1, -0.05) is 18.5 Å². The molecule has 0 saturated carbocycles. The number of hydrogen-bond donors (Lipinski definition) is 1. The summed E-state index contributed by atoms with van der Waals surface area (Å²) in [7, 11) is 1.78. The zero-order valence-corrected chi connectivity index (χ0v) is 12.9. The molecule has 6 nitrogen and oxygen atoms in total. The minimum absolute atomic E-state index is 0.0913. The molecule has 1 fully saturated rings. The number of halogens is 1. The van der Waals surface area contributed by atoms with Gasteiger partial charge in [-0.15, -0.1) is 0 Å². The minimum atomic E-state index is -0.501. The molecule has 1 saturated heterocycles. The number of nitrogens with one attached hydrogen (secondary N) is 1. The smallest absolute Gasteiger partial charge is 0.245 e. The number of carbonyl (C=O) groups excluding carboxylic acids is 2. The Morgan fingerprint density at radius 3 is 2.55 bits per heavy atom. The van der Waals surface area contributed by atoms with Crippen LogP contribution in [0.2, 0.25) is 5.02 Å². The van der Waals surface area contributed by atoms with Crippen LogP contribution in [-0.4, -0.2) is 38.6 Å². The van der Waals surface area contributed by atoms with Crippen molar-refractivity contribution in [2.45, 2.75) is 45.8 Å². The third-order valence-electron chi connectivity index (χ3n) is 3.66. The van der Waals surface area contributed by atoms with Crippen molar-refractivity contribution in [3.05, 3.63) is 16.4 Å². The van der Waals surface area contributed by atoms with Crippen molar-refractivity contribution in [1.29, 1.82) is 0 Å². The molecule has 2 amide bonds. The van der Waals surface area contributed by atoms with Crippen molar-refractivity contribution in [3.63, 3.8) is 0 Å². The molecule has 1 N–H and O–H groups in total. The van der Waals surface area contributed by atoms with Gasteiger partial charge in [0.25, 0.3) is 0 Å². The lowest BCUT2D eigenvalue weighted by Gasteiger charge is -2.37. The summed E-state index contributed by atoms with van der Waals surface area (Å²) in [6, 6.07) is -0.955.